The smallest absolute Gasteiger partial charge is 0.258 e. The van der Waals surface area contributed by atoms with E-state index in [1.165, 1.54) is 27.5 Å². The first-order chi connectivity index (χ1) is 14.5. The summed E-state index contributed by atoms with van der Waals surface area (Å²) >= 11 is 0. The van der Waals surface area contributed by atoms with Crippen LogP contribution in [0.1, 0.15) is 101 Å². The van der Waals surface area contributed by atoms with E-state index < -0.39 is 0 Å². The molecule has 3 heteroatoms. The van der Waals surface area contributed by atoms with Crippen molar-refractivity contribution in [1.82, 2.24) is 0 Å². The van der Waals surface area contributed by atoms with E-state index in [9.17, 15) is 10.1 Å². The van der Waals surface area contributed by atoms with E-state index in [4.69, 9.17) is 0 Å². The lowest BCUT2D eigenvalue weighted by atomic mass is 9.79. The summed E-state index contributed by atoms with van der Waals surface area (Å²) in [7, 11) is 0. The molecule has 0 saturated carbocycles. The Morgan fingerprint density at radius 3 is 1.45 bits per heavy atom. The highest BCUT2D eigenvalue weighted by Gasteiger charge is 2.27. The molecule has 0 unspecified atom stereocenters. The minimum absolute atomic E-state index is 0.183. The number of non-ortho nitro benzene ring substituents is 1. The summed E-state index contributed by atoms with van der Waals surface area (Å²) in [6.07, 6.45) is 0. The Bertz CT molecular complexity index is 1310. The van der Waals surface area contributed by atoms with Crippen LogP contribution in [0.2, 0.25) is 0 Å². The zero-order valence-electron chi connectivity index (χ0n) is 20.0. The number of hydrogen-bond acceptors (Lipinski definition) is 2. The van der Waals surface area contributed by atoms with Gasteiger partial charge in [0, 0.05) is 11.5 Å². The molecule has 0 radical (unpaired) electrons. The Balaban J connectivity index is 2.43. The highest BCUT2D eigenvalue weighted by molar-refractivity contribution is 6.28. The molecule has 4 aromatic rings. The fourth-order valence-electron chi connectivity index (χ4n) is 5.23. The Hall–Kier alpha value is -2.68. The first kappa shape index (κ1) is 21.5. The lowest BCUT2D eigenvalue weighted by Crippen LogP contribution is -2.04. The van der Waals surface area contributed by atoms with Gasteiger partial charge in [-0.25, -0.2) is 0 Å². The predicted octanol–water partition coefficient (Wildman–Crippen LogP) is 8.99. The summed E-state index contributed by atoms with van der Waals surface area (Å²) in [6.45, 7) is 17.5. The Morgan fingerprint density at radius 1 is 0.581 bits per heavy atom. The second-order valence-corrected chi connectivity index (χ2v) is 10.2. The van der Waals surface area contributed by atoms with E-state index in [0.29, 0.717) is 11.8 Å². The topological polar surface area (TPSA) is 43.1 Å². The van der Waals surface area contributed by atoms with E-state index in [1.54, 1.807) is 0 Å². The molecule has 4 rings (SSSR count). The third-order valence-corrected chi connectivity index (χ3v) is 6.79. The maximum absolute atomic E-state index is 12.3. The molecule has 4 aromatic carbocycles. The van der Waals surface area contributed by atoms with Crippen LogP contribution in [0.3, 0.4) is 0 Å². The molecule has 31 heavy (non-hydrogen) atoms. The van der Waals surface area contributed by atoms with Crippen molar-refractivity contribution in [2.24, 2.45) is 0 Å². The minimum atomic E-state index is -0.183. The predicted molar refractivity (Wildman–Crippen MR) is 133 cm³/mol. The van der Waals surface area contributed by atoms with Crippen molar-refractivity contribution in [2.75, 3.05) is 0 Å². The molecule has 0 saturated heterocycles. The summed E-state index contributed by atoms with van der Waals surface area (Å²) in [5.41, 5.74) is 5.13. The highest BCUT2D eigenvalue weighted by atomic mass is 16.6. The summed E-state index contributed by atoms with van der Waals surface area (Å²) in [6, 6.07) is 10.8. The zero-order valence-corrected chi connectivity index (χ0v) is 20.0. The van der Waals surface area contributed by atoms with Crippen molar-refractivity contribution in [1.29, 1.82) is 0 Å². The van der Waals surface area contributed by atoms with E-state index in [2.05, 4.69) is 79.7 Å². The first-order valence-corrected chi connectivity index (χ1v) is 11.5. The van der Waals surface area contributed by atoms with Gasteiger partial charge in [-0.1, -0.05) is 79.7 Å². The van der Waals surface area contributed by atoms with Gasteiger partial charge in [0.15, 0.2) is 0 Å². The quantitative estimate of drug-likeness (QED) is 0.185. The standard InChI is InChI=1S/C28H33NO2/c1-14(2)20-11-22(16(5)6)24-13-25(29(30)31)27-23(17(7)8)12-21(15(3)4)19-10-9-18(20)26(24)28(19)27/h9-17H,1-8H3. The molecule has 0 aromatic heterocycles. The van der Waals surface area contributed by atoms with Crippen molar-refractivity contribution < 1.29 is 4.92 Å². The van der Waals surface area contributed by atoms with Gasteiger partial charge in [-0.05, 0) is 67.5 Å². The van der Waals surface area contributed by atoms with E-state index in [0.717, 1.165) is 27.1 Å². The number of benzene rings is 4. The van der Waals surface area contributed by atoms with Crippen molar-refractivity contribution in [3.63, 3.8) is 0 Å². The number of nitro groups is 1. The van der Waals surface area contributed by atoms with Crippen LogP contribution >= 0.6 is 0 Å². The number of nitro benzene ring substituents is 1. The molecule has 162 valence electrons. The van der Waals surface area contributed by atoms with Gasteiger partial charge in [0.1, 0.15) is 0 Å². The van der Waals surface area contributed by atoms with E-state index in [-0.39, 0.29) is 22.4 Å². The van der Waals surface area contributed by atoms with Crippen LogP contribution in [0, 0.1) is 10.1 Å². The van der Waals surface area contributed by atoms with Gasteiger partial charge >= 0.3 is 0 Å². The molecule has 0 spiro atoms. The largest absolute Gasteiger partial charge is 0.278 e. The molecule has 3 nitrogen and oxygen atoms in total. The molecule has 0 N–H and O–H groups in total. The minimum Gasteiger partial charge on any atom is -0.258 e. The third-order valence-electron chi connectivity index (χ3n) is 6.79. The fraction of sp³-hybridized carbons (Fsp3) is 0.429. The van der Waals surface area contributed by atoms with Gasteiger partial charge in [0.25, 0.3) is 5.69 Å². The Morgan fingerprint density at radius 2 is 1.00 bits per heavy atom. The number of nitrogens with zero attached hydrogens (tertiary/aromatic N) is 1. The normalized spacial score (nSPS) is 12.6. The SMILES string of the molecule is CC(C)c1cc(C(C)C)c2cc([N+](=O)[O-])c3c(C(C)C)cc(C(C)C)c4ccc1c2c43. The lowest BCUT2D eigenvalue weighted by Gasteiger charge is -2.24. The second-order valence-electron chi connectivity index (χ2n) is 10.2. The lowest BCUT2D eigenvalue weighted by molar-refractivity contribution is -0.383. The average molecular weight is 416 g/mol. The molecule has 0 aliphatic heterocycles. The zero-order chi connectivity index (χ0) is 22.8. The van der Waals surface area contributed by atoms with Gasteiger partial charge in [0.05, 0.1) is 10.3 Å². The van der Waals surface area contributed by atoms with Crippen LogP contribution in [0.25, 0.3) is 32.3 Å². The van der Waals surface area contributed by atoms with Crippen LogP contribution in [0.5, 0.6) is 0 Å². The molecule has 0 heterocycles. The van der Waals surface area contributed by atoms with E-state index in [1.807, 2.05) is 6.07 Å². The van der Waals surface area contributed by atoms with Crippen LogP contribution < -0.4 is 0 Å². The molecule has 0 aliphatic carbocycles. The van der Waals surface area contributed by atoms with Crippen LogP contribution in [0.15, 0.2) is 30.3 Å². The monoisotopic (exact) mass is 415 g/mol. The Kier molecular flexibility index (Phi) is 5.20. The van der Waals surface area contributed by atoms with Crippen LogP contribution in [0.4, 0.5) is 5.69 Å². The van der Waals surface area contributed by atoms with Gasteiger partial charge < -0.3 is 0 Å². The molecule has 0 fully saturated rings. The molecular formula is C28H33NO2. The maximum Gasteiger partial charge on any atom is 0.278 e. The summed E-state index contributed by atoms with van der Waals surface area (Å²) in [5, 5.41) is 18.9. The van der Waals surface area contributed by atoms with Crippen LogP contribution in [-0.2, 0) is 0 Å². The second kappa shape index (κ2) is 7.47. The van der Waals surface area contributed by atoms with Crippen molar-refractivity contribution in [3.05, 3.63) is 62.7 Å². The highest BCUT2D eigenvalue weighted by Crippen LogP contribution is 2.48. The number of rotatable bonds is 5. The summed E-state index contributed by atoms with van der Waals surface area (Å²) < 4.78 is 0. The maximum atomic E-state index is 12.3. The van der Waals surface area contributed by atoms with Gasteiger partial charge in [-0.2, -0.15) is 0 Å². The Labute approximate surface area is 184 Å². The van der Waals surface area contributed by atoms with Crippen molar-refractivity contribution in [2.45, 2.75) is 79.1 Å². The molecular weight excluding hydrogens is 382 g/mol. The molecule has 0 aliphatic rings. The third kappa shape index (κ3) is 3.17. The van der Waals surface area contributed by atoms with Crippen molar-refractivity contribution >= 4 is 38.0 Å². The summed E-state index contributed by atoms with van der Waals surface area (Å²) in [5.74, 6) is 1.21. The molecule has 0 atom stereocenters. The fourth-order valence-corrected chi connectivity index (χ4v) is 5.23. The van der Waals surface area contributed by atoms with Crippen molar-refractivity contribution in [3.8, 4) is 0 Å². The first-order valence-electron chi connectivity index (χ1n) is 11.5. The molecule has 0 amide bonds. The van der Waals surface area contributed by atoms with Crippen LogP contribution in [-0.4, -0.2) is 4.92 Å². The summed E-state index contributed by atoms with van der Waals surface area (Å²) in [4.78, 5) is 12.1. The average Bonchev–Trinajstić information content (AvgIpc) is 2.69. The van der Waals surface area contributed by atoms with Gasteiger partial charge in [-0.3, -0.25) is 10.1 Å². The molecule has 0 bridgehead atoms. The van der Waals surface area contributed by atoms with E-state index >= 15 is 0 Å². The number of hydrogen-bond donors (Lipinski definition) is 0. The van der Waals surface area contributed by atoms with Gasteiger partial charge in [-0.15, -0.1) is 0 Å². The van der Waals surface area contributed by atoms with Gasteiger partial charge in [0.2, 0.25) is 0 Å².